The third kappa shape index (κ3) is 2.81. The van der Waals surface area contributed by atoms with E-state index in [4.69, 9.17) is 11.6 Å². The smallest absolute Gasteiger partial charge is 0.0642 e. The summed E-state index contributed by atoms with van der Waals surface area (Å²) in [6.07, 6.45) is 2.49. The van der Waals surface area contributed by atoms with Crippen molar-refractivity contribution in [3.63, 3.8) is 0 Å². The summed E-state index contributed by atoms with van der Waals surface area (Å²) in [5.41, 5.74) is 2.66. The highest BCUT2D eigenvalue weighted by molar-refractivity contribution is 6.33. The van der Waals surface area contributed by atoms with Gasteiger partial charge in [-0.15, -0.1) is 0 Å². The second-order valence-electron chi connectivity index (χ2n) is 5.63. The van der Waals surface area contributed by atoms with Gasteiger partial charge in [-0.1, -0.05) is 24.6 Å². The monoisotopic (exact) mass is 266 g/mol. The molecule has 0 aliphatic carbocycles. The highest BCUT2D eigenvalue weighted by atomic mass is 35.5. The van der Waals surface area contributed by atoms with Crippen molar-refractivity contribution in [1.82, 2.24) is 5.32 Å². The van der Waals surface area contributed by atoms with Gasteiger partial charge in [0, 0.05) is 18.6 Å². The zero-order chi connectivity index (χ0) is 13.2. The van der Waals surface area contributed by atoms with Gasteiger partial charge in [0.1, 0.15) is 0 Å². The van der Waals surface area contributed by atoms with Crippen LogP contribution >= 0.6 is 11.6 Å². The van der Waals surface area contributed by atoms with Crippen LogP contribution in [-0.2, 0) is 6.54 Å². The fraction of sp³-hybridized carbons (Fsp3) is 0.600. The van der Waals surface area contributed by atoms with E-state index in [1.54, 1.807) is 0 Å². The lowest BCUT2D eigenvalue weighted by Crippen LogP contribution is -2.38. The summed E-state index contributed by atoms with van der Waals surface area (Å²) >= 11 is 6.45. The molecule has 1 heterocycles. The van der Waals surface area contributed by atoms with Crippen LogP contribution in [0.4, 0.5) is 5.69 Å². The van der Waals surface area contributed by atoms with Crippen molar-refractivity contribution in [3.8, 4) is 0 Å². The van der Waals surface area contributed by atoms with Gasteiger partial charge in [-0.2, -0.15) is 0 Å². The van der Waals surface area contributed by atoms with E-state index in [0.717, 1.165) is 24.7 Å². The van der Waals surface area contributed by atoms with Crippen molar-refractivity contribution < 1.29 is 0 Å². The molecule has 2 nitrogen and oxygen atoms in total. The summed E-state index contributed by atoms with van der Waals surface area (Å²) in [7, 11) is 0. The molecule has 3 heteroatoms. The second-order valence-corrected chi connectivity index (χ2v) is 6.04. The Kier molecular flexibility index (Phi) is 4.18. The van der Waals surface area contributed by atoms with E-state index in [-0.39, 0.29) is 5.54 Å². The number of nitrogens with one attached hydrogen (secondary N) is 1. The molecule has 0 saturated carbocycles. The van der Waals surface area contributed by atoms with Crippen molar-refractivity contribution in [3.05, 3.63) is 28.8 Å². The highest BCUT2D eigenvalue weighted by Gasteiger charge is 2.32. The van der Waals surface area contributed by atoms with Gasteiger partial charge < -0.3 is 10.2 Å². The predicted molar refractivity (Wildman–Crippen MR) is 79.5 cm³/mol. The molecular formula is C15H23ClN2. The number of hydrogen-bond donors (Lipinski definition) is 1. The Morgan fingerprint density at radius 2 is 2.17 bits per heavy atom. The van der Waals surface area contributed by atoms with Crippen LogP contribution in [0.3, 0.4) is 0 Å². The summed E-state index contributed by atoms with van der Waals surface area (Å²) in [6, 6.07) is 6.44. The summed E-state index contributed by atoms with van der Waals surface area (Å²) in [5, 5.41) is 4.20. The van der Waals surface area contributed by atoms with E-state index in [1.165, 1.54) is 24.1 Å². The number of halogens is 1. The number of benzene rings is 1. The summed E-state index contributed by atoms with van der Waals surface area (Å²) in [5.74, 6) is 0. The third-order valence-electron chi connectivity index (χ3n) is 3.78. The van der Waals surface area contributed by atoms with Crippen LogP contribution in [0, 0.1) is 0 Å². The zero-order valence-corrected chi connectivity index (χ0v) is 12.3. The Balaban J connectivity index is 2.19. The zero-order valence-electron chi connectivity index (χ0n) is 11.6. The molecule has 18 heavy (non-hydrogen) atoms. The van der Waals surface area contributed by atoms with E-state index in [2.05, 4.69) is 49.2 Å². The van der Waals surface area contributed by atoms with Crippen molar-refractivity contribution in [1.29, 1.82) is 0 Å². The van der Waals surface area contributed by atoms with Gasteiger partial charge in [0.25, 0.3) is 0 Å². The van der Waals surface area contributed by atoms with Gasteiger partial charge in [-0.3, -0.25) is 0 Å². The van der Waals surface area contributed by atoms with Crippen LogP contribution in [-0.4, -0.2) is 18.6 Å². The van der Waals surface area contributed by atoms with Crippen LogP contribution in [0.5, 0.6) is 0 Å². The highest BCUT2D eigenvalue weighted by Crippen LogP contribution is 2.37. The van der Waals surface area contributed by atoms with Gasteiger partial charge >= 0.3 is 0 Å². The molecule has 0 bridgehead atoms. The molecule has 1 fully saturated rings. The second kappa shape index (κ2) is 5.50. The molecule has 1 saturated heterocycles. The Bertz CT molecular complexity index is 415. The van der Waals surface area contributed by atoms with Crippen LogP contribution in [0.15, 0.2) is 18.2 Å². The van der Waals surface area contributed by atoms with Crippen LogP contribution in [0.2, 0.25) is 5.02 Å². The third-order valence-corrected chi connectivity index (χ3v) is 4.09. The Hall–Kier alpha value is -0.730. The largest absolute Gasteiger partial charge is 0.365 e. The van der Waals surface area contributed by atoms with Crippen LogP contribution < -0.4 is 10.2 Å². The molecular weight excluding hydrogens is 244 g/mol. The first-order valence-electron chi connectivity index (χ1n) is 6.81. The first-order chi connectivity index (χ1) is 8.54. The van der Waals surface area contributed by atoms with Gasteiger partial charge in [0.15, 0.2) is 0 Å². The lowest BCUT2D eigenvalue weighted by Gasteiger charge is -2.34. The van der Waals surface area contributed by atoms with Crippen LogP contribution in [0.25, 0.3) is 0 Å². The van der Waals surface area contributed by atoms with Crippen molar-refractivity contribution in [2.24, 2.45) is 0 Å². The lowest BCUT2D eigenvalue weighted by molar-refractivity contribution is 0.518. The fourth-order valence-electron chi connectivity index (χ4n) is 2.70. The summed E-state index contributed by atoms with van der Waals surface area (Å²) in [4.78, 5) is 2.44. The van der Waals surface area contributed by atoms with Crippen LogP contribution in [0.1, 0.15) is 39.2 Å². The van der Waals surface area contributed by atoms with Gasteiger partial charge in [0.05, 0.1) is 10.7 Å². The average molecular weight is 267 g/mol. The molecule has 0 radical (unpaired) electrons. The molecule has 0 aromatic heterocycles. The molecule has 1 aromatic carbocycles. The number of nitrogens with zero attached hydrogens (tertiary/aromatic N) is 1. The molecule has 1 aromatic rings. The van der Waals surface area contributed by atoms with Crippen molar-refractivity contribution >= 4 is 17.3 Å². The van der Waals surface area contributed by atoms with E-state index < -0.39 is 0 Å². The fourth-order valence-corrected chi connectivity index (χ4v) is 3.01. The number of hydrogen-bond acceptors (Lipinski definition) is 2. The number of anilines is 1. The quantitative estimate of drug-likeness (QED) is 0.891. The molecule has 1 aliphatic heterocycles. The minimum atomic E-state index is 0.229. The molecule has 1 N–H and O–H groups in total. The Morgan fingerprint density at radius 3 is 2.72 bits per heavy atom. The maximum absolute atomic E-state index is 6.45. The maximum atomic E-state index is 6.45. The molecule has 2 rings (SSSR count). The van der Waals surface area contributed by atoms with Gasteiger partial charge in [0.2, 0.25) is 0 Å². The molecule has 0 unspecified atom stereocenters. The average Bonchev–Trinajstić information content (AvgIpc) is 2.66. The van der Waals surface area contributed by atoms with Crippen molar-refractivity contribution in [2.75, 3.05) is 18.0 Å². The molecule has 1 aliphatic rings. The summed E-state index contributed by atoms with van der Waals surface area (Å²) < 4.78 is 0. The summed E-state index contributed by atoms with van der Waals surface area (Å²) in [6.45, 7) is 9.69. The minimum absolute atomic E-state index is 0.229. The lowest BCUT2D eigenvalue weighted by atomic mass is 10.0. The first-order valence-corrected chi connectivity index (χ1v) is 7.19. The number of rotatable bonds is 4. The molecule has 0 amide bonds. The topological polar surface area (TPSA) is 15.3 Å². The normalized spacial score (nSPS) is 18.3. The van der Waals surface area contributed by atoms with E-state index in [1.807, 2.05) is 0 Å². The Morgan fingerprint density at radius 1 is 1.39 bits per heavy atom. The van der Waals surface area contributed by atoms with E-state index in [9.17, 15) is 0 Å². The standard InChI is InChI=1S/C15H23ClN2/c1-4-17-11-12-6-7-14(13(16)10-12)18-9-5-8-15(18,2)3/h6-7,10,17H,4-5,8-9,11H2,1-3H3. The molecule has 100 valence electrons. The van der Waals surface area contributed by atoms with E-state index >= 15 is 0 Å². The Labute approximate surface area is 115 Å². The molecule has 0 atom stereocenters. The minimum Gasteiger partial charge on any atom is -0.365 e. The SMILES string of the molecule is CCNCc1ccc(N2CCCC2(C)C)c(Cl)c1. The van der Waals surface area contributed by atoms with E-state index in [0.29, 0.717) is 0 Å². The maximum Gasteiger partial charge on any atom is 0.0642 e. The first kappa shape index (κ1) is 13.7. The van der Waals surface area contributed by atoms with Crippen molar-refractivity contribution in [2.45, 2.75) is 45.7 Å². The predicted octanol–water partition coefficient (Wildman–Crippen LogP) is 3.83. The van der Waals surface area contributed by atoms with Gasteiger partial charge in [-0.25, -0.2) is 0 Å². The molecule has 0 spiro atoms. The van der Waals surface area contributed by atoms with Gasteiger partial charge in [-0.05, 0) is 50.9 Å².